The summed E-state index contributed by atoms with van der Waals surface area (Å²) in [7, 11) is 0. The summed E-state index contributed by atoms with van der Waals surface area (Å²) in [6.07, 6.45) is 15.4. The van der Waals surface area contributed by atoms with E-state index in [4.69, 9.17) is 11.6 Å². The predicted octanol–water partition coefficient (Wildman–Crippen LogP) is 5.95. The van der Waals surface area contributed by atoms with E-state index in [1.54, 1.807) is 30.5 Å². The van der Waals surface area contributed by atoms with Crippen LogP contribution in [-0.4, -0.2) is 11.9 Å². The maximum Gasteiger partial charge on any atom is 0.267 e. The number of amides is 1. The molecule has 1 fully saturated rings. The van der Waals surface area contributed by atoms with Gasteiger partial charge in [0.05, 0.1) is 0 Å². The molecule has 2 N–H and O–H groups in total. The Bertz CT molecular complexity index is 654. The molecule has 0 saturated heterocycles. The second-order valence-electron chi connectivity index (χ2n) is 7.26. The van der Waals surface area contributed by atoms with Crippen LogP contribution in [0.15, 0.2) is 36.0 Å². The van der Waals surface area contributed by atoms with Gasteiger partial charge in [-0.25, -0.2) is 0 Å². The number of nitriles is 1. The lowest BCUT2D eigenvalue weighted by Gasteiger charge is -2.18. The summed E-state index contributed by atoms with van der Waals surface area (Å²) in [4.78, 5) is 12.3. The number of nitrogens with zero attached hydrogens (tertiary/aromatic N) is 1. The van der Waals surface area contributed by atoms with Crippen LogP contribution in [0.4, 0.5) is 5.69 Å². The zero-order chi connectivity index (χ0) is 19.3. The maximum absolute atomic E-state index is 12.3. The fourth-order valence-corrected chi connectivity index (χ4v) is 3.63. The Kier molecular flexibility index (Phi) is 9.79. The number of nitrogens with one attached hydrogen (secondary N) is 2. The Morgan fingerprint density at radius 2 is 1.63 bits per heavy atom. The van der Waals surface area contributed by atoms with Gasteiger partial charge in [-0.05, 0) is 31.0 Å². The third-order valence-electron chi connectivity index (χ3n) is 5.02. The number of halogens is 1. The molecule has 0 aromatic heterocycles. The van der Waals surface area contributed by atoms with Crippen molar-refractivity contribution in [3.05, 3.63) is 41.1 Å². The molecule has 4 nitrogen and oxygen atoms in total. The van der Waals surface area contributed by atoms with Gasteiger partial charge in [0.15, 0.2) is 0 Å². The number of rotatable bonds is 4. The molecule has 0 atom stereocenters. The van der Waals surface area contributed by atoms with Gasteiger partial charge in [-0.3, -0.25) is 4.79 Å². The topological polar surface area (TPSA) is 64.9 Å². The molecule has 0 heterocycles. The van der Waals surface area contributed by atoms with E-state index in [-0.39, 0.29) is 5.57 Å². The SMILES string of the molecule is N#C/C(=C/NC1CCCCCCCCCCC1)C(=O)Nc1cccc(Cl)c1. The van der Waals surface area contributed by atoms with Crippen molar-refractivity contribution >= 4 is 23.2 Å². The van der Waals surface area contributed by atoms with E-state index in [1.807, 2.05) is 6.07 Å². The average molecular weight is 388 g/mol. The third-order valence-corrected chi connectivity index (χ3v) is 5.25. The molecule has 5 heteroatoms. The highest BCUT2D eigenvalue weighted by Gasteiger charge is 2.12. The van der Waals surface area contributed by atoms with Gasteiger partial charge in [0, 0.05) is 23.0 Å². The number of carbonyl (C=O) groups is 1. The van der Waals surface area contributed by atoms with E-state index in [0.29, 0.717) is 16.8 Å². The van der Waals surface area contributed by atoms with Crippen LogP contribution in [0.25, 0.3) is 0 Å². The fraction of sp³-hybridized carbons (Fsp3) is 0.545. The molecule has 146 valence electrons. The summed E-state index contributed by atoms with van der Waals surface area (Å²) in [6.45, 7) is 0. The van der Waals surface area contributed by atoms with E-state index >= 15 is 0 Å². The van der Waals surface area contributed by atoms with Crippen molar-refractivity contribution in [2.45, 2.75) is 76.7 Å². The standard InChI is InChI=1S/C22H30ClN3O/c23-19-11-10-14-21(15-19)26-22(27)18(16-24)17-25-20-12-8-6-4-2-1-3-5-7-9-13-20/h10-11,14-15,17,20,25H,1-9,12-13H2,(H,26,27)/b18-17-. The minimum Gasteiger partial charge on any atom is -0.387 e. The molecule has 1 aliphatic carbocycles. The van der Waals surface area contributed by atoms with Crippen LogP contribution in [0.2, 0.25) is 5.02 Å². The first-order chi connectivity index (χ1) is 13.2. The zero-order valence-electron chi connectivity index (χ0n) is 16.0. The molecule has 0 unspecified atom stereocenters. The van der Waals surface area contributed by atoms with E-state index in [0.717, 1.165) is 12.8 Å². The Morgan fingerprint density at radius 3 is 2.19 bits per heavy atom. The molecule has 1 aromatic rings. The largest absolute Gasteiger partial charge is 0.387 e. The van der Waals surface area contributed by atoms with Crippen LogP contribution in [0, 0.1) is 11.3 Å². The first-order valence-electron chi connectivity index (χ1n) is 10.1. The van der Waals surface area contributed by atoms with E-state index < -0.39 is 5.91 Å². The van der Waals surface area contributed by atoms with Crippen LogP contribution in [0.3, 0.4) is 0 Å². The quantitative estimate of drug-likeness (QED) is 0.495. The number of benzene rings is 1. The number of carbonyl (C=O) groups excluding carboxylic acids is 1. The first-order valence-corrected chi connectivity index (χ1v) is 10.5. The van der Waals surface area contributed by atoms with Crippen molar-refractivity contribution in [3.8, 4) is 6.07 Å². The highest BCUT2D eigenvalue weighted by molar-refractivity contribution is 6.31. The Balaban J connectivity index is 1.91. The monoisotopic (exact) mass is 387 g/mol. The highest BCUT2D eigenvalue weighted by Crippen LogP contribution is 2.18. The highest BCUT2D eigenvalue weighted by atomic mass is 35.5. The smallest absolute Gasteiger partial charge is 0.267 e. The van der Waals surface area contributed by atoms with Crippen molar-refractivity contribution in [1.29, 1.82) is 5.26 Å². The molecule has 1 aliphatic rings. The molecule has 0 aliphatic heterocycles. The van der Waals surface area contributed by atoms with Crippen molar-refractivity contribution in [2.24, 2.45) is 0 Å². The summed E-state index contributed by atoms with van der Waals surface area (Å²) in [5, 5.41) is 16.0. The van der Waals surface area contributed by atoms with Gasteiger partial charge in [-0.1, -0.05) is 75.5 Å². The molecule has 27 heavy (non-hydrogen) atoms. The second kappa shape index (κ2) is 12.4. The van der Waals surface area contributed by atoms with Crippen molar-refractivity contribution in [3.63, 3.8) is 0 Å². The van der Waals surface area contributed by atoms with Crippen molar-refractivity contribution < 1.29 is 4.79 Å². The van der Waals surface area contributed by atoms with Gasteiger partial charge < -0.3 is 10.6 Å². The summed E-state index contributed by atoms with van der Waals surface area (Å²) in [5.74, 6) is -0.416. The second-order valence-corrected chi connectivity index (χ2v) is 7.69. The van der Waals surface area contributed by atoms with Gasteiger partial charge in [-0.15, -0.1) is 0 Å². The summed E-state index contributed by atoms with van der Waals surface area (Å²) >= 11 is 5.94. The zero-order valence-corrected chi connectivity index (χ0v) is 16.7. The molecular weight excluding hydrogens is 358 g/mol. The minimum atomic E-state index is -0.416. The molecule has 0 spiro atoms. The molecular formula is C22H30ClN3O. The summed E-state index contributed by atoms with van der Waals surface area (Å²) in [6, 6.07) is 9.23. The number of anilines is 1. The Morgan fingerprint density at radius 1 is 1.04 bits per heavy atom. The summed E-state index contributed by atoms with van der Waals surface area (Å²) < 4.78 is 0. The number of hydrogen-bond donors (Lipinski definition) is 2. The van der Waals surface area contributed by atoms with E-state index in [2.05, 4.69) is 10.6 Å². The van der Waals surface area contributed by atoms with E-state index in [9.17, 15) is 10.1 Å². The first kappa shape index (κ1) is 21.3. The molecule has 2 rings (SSSR count). The molecule has 1 saturated carbocycles. The lowest BCUT2D eigenvalue weighted by Crippen LogP contribution is -2.26. The number of hydrogen-bond acceptors (Lipinski definition) is 3. The Labute approximate surface area is 168 Å². The third kappa shape index (κ3) is 8.49. The van der Waals surface area contributed by atoms with Gasteiger partial charge >= 0.3 is 0 Å². The average Bonchev–Trinajstić information content (AvgIpc) is 2.64. The lowest BCUT2D eigenvalue weighted by atomic mass is 9.98. The van der Waals surface area contributed by atoms with Crippen molar-refractivity contribution in [1.82, 2.24) is 5.32 Å². The molecule has 0 radical (unpaired) electrons. The van der Waals surface area contributed by atoms with Gasteiger partial charge in [0.25, 0.3) is 5.91 Å². The van der Waals surface area contributed by atoms with Crippen molar-refractivity contribution in [2.75, 3.05) is 5.32 Å². The maximum atomic E-state index is 12.3. The lowest BCUT2D eigenvalue weighted by molar-refractivity contribution is -0.112. The molecule has 1 aromatic carbocycles. The van der Waals surface area contributed by atoms with Gasteiger partial charge in [0.2, 0.25) is 0 Å². The van der Waals surface area contributed by atoms with Gasteiger partial charge in [0.1, 0.15) is 11.6 Å². The van der Waals surface area contributed by atoms with E-state index in [1.165, 1.54) is 57.8 Å². The predicted molar refractivity (Wildman–Crippen MR) is 111 cm³/mol. The van der Waals surface area contributed by atoms with Crippen LogP contribution in [-0.2, 0) is 4.79 Å². The molecule has 1 amide bonds. The van der Waals surface area contributed by atoms with Crippen LogP contribution < -0.4 is 10.6 Å². The van der Waals surface area contributed by atoms with Gasteiger partial charge in [-0.2, -0.15) is 5.26 Å². The summed E-state index contributed by atoms with van der Waals surface area (Å²) in [5.41, 5.74) is 0.667. The normalized spacial score (nSPS) is 17.9. The minimum absolute atomic E-state index is 0.0843. The van der Waals surface area contributed by atoms with Crippen LogP contribution in [0.1, 0.15) is 70.6 Å². The van der Waals surface area contributed by atoms with Crippen LogP contribution >= 0.6 is 11.6 Å². The Hall–Kier alpha value is -1.99. The molecule has 0 bridgehead atoms. The fourth-order valence-electron chi connectivity index (χ4n) is 3.44. The van der Waals surface area contributed by atoms with Crippen LogP contribution in [0.5, 0.6) is 0 Å².